The van der Waals surface area contributed by atoms with E-state index < -0.39 is 5.54 Å². The minimum atomic E-state index is -0.574. The van der Waals surface area contributed by atoms with Crippen LogP contribution in [0.3, 0.4) is 0 Å². The number of carbonyl (C=O) groups excluding carboxylic acids is 1. The first-order chi connectivity index (χ1) is 6.97. The molecule has 1 aliphatic carbocycles. The van der Waals surface area contributed by atoms with Crippen LogP contribution in [0.4, 0.5) is 0 Å². The van der Waals surface area contributed by atoms with Crippen molar-refractivity contribution in [3.05, 3.63) is 0 Å². The largest absolute Gasteiger partial charge is 0.368 e. The maximum atomic E-state index is 11.2. The molecule has 0 saturated heterocycles. The van der Waals surface area contributed by atoms with Gasteiger partial charge in [0.15, 0.2) is 0 Å². The van der Waals surface area contributed by atoms with Gasteiger partial charge in [-0.3, -0.25) is 4.79 Å². The average molecular weight is 212 g/mol. The van der Waals surface area contributed by atoms with Gasteiger partial charge < -0.3 is 11.1 Å². The van der Waals surface area contributed by atoms with Crippen LogP contribution in [0.5, 0.6) is 0 Å². The first-order valence-electron chi connectivity index (χ1n) is 6.05. The van der Waals surface area contributed by atoms with Crippen molar-refractivity contribution >= 4 is 5.91 Å². The van der Waals surface area contributed by atoms with Gasteiger partial charge in [-0.1, -0.05) is 26.2 Å². The van der Waals surface area contributed by atoms with E-state index in [0.717, 1.165) is 0 Å². The van der Waals surface area contributed by atoms with E-state index in [1.165, 1.54) is 32.1 Å². The average Bonchev–Trinajstić information content (AvgIpc) is 2.18. The van der Waals surface area contributed by atoms with Gasteiger partial charge in [0.05, 0.1) is 5.54 Å². The number of primary amides is 1. The van der Waals surface area contributed by atoms with Crippen molar-refractivity contribution < 1.29 is 4.79 Å². The van der Waals surface area contributed by atoms with Crippen molar-refractivity contribution in [2.45, 2.75) is 64.5 Å². The zero-order valence-corrected chi connectivity index (χ0v) is 10.2. The third-order valence-electron chi connectivity index (χ3n) is 3.60. The second-order valence-electron chi connectivity index (χ2n) is 5.19. The normalized spacial score (nSPS) is 27.7. The van der Waals surface area contributed by atoms with Crippen LogP contribution in [-0.2, 0) is 4.79 Å². The van der Waals surface area contributed by atoms with E-state index in [2.05, 4.69) is 12.2 Å². The molecule has 0 heterocycles. The Balaban J connectivity index is 2.58. The predicted molar refractivity (Wildman–Crippen MR) is 62.4 cm³/mol. The summed E-state index contributed by atoms with van der Waals surface area (Å²) >= 11 is 0. The van der Waals surface area contributed by atoms with Gasteiger partial charge in [0.2, 0.25) is 5.91 Å². The minimum Gasteiger partial charge on any atom is -0.368 e. The number of nitrogens with two attached hydrogens (primary N) is 1. The van der Waals surface area contributed by atoms with Crippen LogP contribution in [0.1, 0.15) is 52.9 Å². The number of nitrogens with one attached hydrogen (secondary N) is 1. The van der Waals surface area contributed by atoms with Gasteiger partial charge in [0.1, 0.15) is 0 Å². The van der Waals surface area contributed by atoms with Crippen LogP contribution < -0.4 is 11.1 Å². The minimum absolute atomic E-state index is 0.261. The smallest absolute Gasteiger partial charge is 0.237 e. The highest BCUT2D eigenvalue weighted by atomic mass is 16.1. The van der Waals surface area contributed by atoms with Gasteiger partial charge in [-0.2, -0.15) is 0 Å². The molecule has 1 amide bonds. The number of rotatable bonds is 4. The van der Waals surface area contributed by atoms with Crippen molar-refractivity contribution in [3.8, 4) is 0 Å². The molecule has 1 aliphatic rings. The van der Waals surface area contributed by atoms with E-state index >= 15 is 0 Å². The van der Waals surface area contributed by atoms with Crippen LogP contribution >= 0.6 is 0 Å². The van der Waals surface area contributed by atoms with Crippen molar-refractivity contribution in [2.75, 3.05) is 0 Å². The van der Waals surface area contributed by atoms with E-state index in [1.54, 1.807) is 0 Å². The van der Waals surface area contributed by atoms with E-state index in [0.29, 0.717) is 12.0 Å². The molecule has 0 aliphatic heterocycles. The Morgan fingerprint density at radius 2 is 2.00 bits per heavy atom. The lowest BCUT2D eigenvalue weighted by Gasteiger charge is -2.37. The lowest BCUT2D eigenvalue weighted by atomic mass is 9.81. The molecule has 1 fully saturated rings. The fourth-order valence-corrected chi connectivity index (χ4v) is 2.42. The molecular weight excluding hydrogens is 188 g/mol. The second kappa shape index (κ2) is 4.97. The molecule has 0 aromatic carbocycles. The zero-order valence-electron chi connectivity index (χ0n) is 10.2. The summed E-state index contributed by atoms with van der Waals surface area (Å²) in [6, 6.07) is 0.464. The summed E-state index contributed by atoms with van der Waals surface area (Å²) in [7, 11) is 0. The third-order valence-corrected chi connectivity index (χ3v) is 3.60. The summed E-state index contributed by atoms with van der Waals surface area (Å²) in [6.07, 6.45) is 6.24. The Hall–Kier alpha value is -0.570. The molecule has 2 unspecified atom stereocenters. The summed E-state index contributed by atoms with van der Waals surface area (Å²) in [5.74, 6) is 0.445. The van der Waals surface area contributed by atoms with Crippen molar-refractivity contribution in [3.63, 3.8) is 0 Å². The molecule has 3 N–H and O–H groups in total. The SMILES string of the molecule is CCC1CCCCC1NC(C)(C)C(N)=O. The molecule has 0 bridgehead atoms. The first-order valence-corrected chi connectivity index (χ1v) is 6.05. The molecule has 15 heavy (non-hydrogen) atoms. The van der Waals surface area contributed by atoms with Crippen molar-refractivity contribution in [1.82, 2.24) is 5.32 Å². The van der Waals surface area contributed by atoms with Crippen LogP contribution in [0.25, 0.3) is 0 Å². The number of hydrogen-bond acceptors (Lipinski definition) is 2. The Kier molecular flexibility index (Phi) is 4.14. The molecule has 0 aromatic rings. The summed E-state index contributed by atoms with van der Waals surface area (Å²) in [5, 5.41) is 3.42. The van der Waals surface area contributed by atoms with Gasteiger partial charge in [-0.05, 0) is 32.6 Å². The number of amides is 1. The van der Waals surface area contributed by atoms with Crippen LogP contribution in [-0.4, -0.2) is 17.5 Å². The maximum Gasteiger partial charge on any atom is 0.237 e. The molecule has 0 radical (unpaired) electrons. The Morgan fingerprint density at radius 3 is 2.53 bits per heavy atom. The summed E-state index contributed by atoms with van der Waals surface area (Å²) < 4.78 is 0. The molecule has 88 valence electrons. The molecule has 1 saturated carbocycles. The molecular formula is C12H24N2O. The van der Waals surface area contributed by atoms with Crippen molar-refractivity contribution in [2.24, 2.45) is 11.7 Å². The van der Waals surface area contributed by atoms with Gasteiger partial charge in [0, 0.05) is 6.04 Å². The van der Waals surface area contributed by atoms with Crippen LogP contribution in [0, 0.1) is 5.92 Å². The molecule has 0 aromatic heterocycles. The van der Waals surface area contributed by atoms with Gasteiger partial charge >= 0.3 is 0 Å². The lowest BCUT2D eigenvalue weighted by Crippen LogP contribution is -2.56. The fraction of sp³-hybridized carbons (Fsp3) is 0.917. The van der Waals surface area contributed by atoms with E-state index in [1.807, 2.05) is 13.8 Å². The zero-order chi connectivity index (χ0) is 11.5. The monoisotopic (exact) mass is 212 g/mol. The molecule has 1 rings (SSSR count). The quantitative estimate of drug-likeness (QED) is 0.746. The van der Waals surface area contributed by atoms with Gasteiger partial charge in [-0.15, -0.1) is 0 Å². The fourth-order valence-electron chi connectivity index (χ4n) is 2.42. The van der Waals surface area contributed by atoms with Crippen LogP contribution in [0.2, 0.25) is 0 Å². The molecule has 0 spiro atoms. The predicted octanol–water partition coefficient (Wildman–Crippen LogP) is 1.81. The highest BCUT2D eigenvalue weighted by molar-refractivity contribution is 5.83. The Morgan fingerprint density at radius 1 is 1.40 bits per heavy atom. The number of hydrogen-bond donors (Lipinski definition) is 2. The van der Waals surface area contributed by atoms with Crippen LogP contribution in [0.15, 0.2) is 0 Å². The van der Waals surface area contributed by atoms with Gasteiger partial charge in [-0.25, -0.2) is 0 Å². The Bertz CT molecular complexity index is 226. The second-order valence-corrected chi connectivity index (χ2v) is 5.19. The van der Waals surface area contributed by atoms with Crippen molar-refractivity contribution in [1.29, 1.82) is 0 Å². The van der Waals surface area contributed by atoms with E-state index in [-0.39, 0.29) is 5.91 Å². The maximum absolute atomic E-state index is 11.2. The molecule has 3 nitrogen and oxygen atoms in total. The summed E-state index contributed by atoms with van der Waals surface area (Å²) in [5.41, 5.74) is 4.80. The molecule has 2 atom stereocenters. The van der Waals surface area contributed by atoms with Gasteiger partial charge in [0.25, 0.3) is 0 Å². The van der Waals surface area contributed by atoms with E-state index in [9.17, 15) is 4.79 Å². The highest BCUT2D eigenvalue weighted by Crippen LogP contribution is 2.28. The number of carbonyl (C=O) groups is 1. The lowest BCUT2D eigenvalue weighted by molar-refractivity contribution is -0.123. The summed E-state index contributed by atoms with van der Waals surface area (Å²) in [4.78, 5) is 11.2. The van der Waals surface area contributed by atoms with E-state index in [4.69, 9.17) is 5.73 Å². The third kappa shape index (κ3) is 3.20. The molecule has 3 heteroatoms. The first kappa shape index (κ1) is 12.5. The highest BCUT2D eigenvalue weighted by Gasteiger charge is 2.32. The standard InChI is InChI=1S/C12H24N2O/c1-4-9-7-5-6-8-10(9)14-12(2,3)11(13)15/h9-10,14H,4-8H2,1-3H3,(H2,13,15). The Labute approximate surface area is 92.8 Å². The topological polar surface area (TPSA) is 55.1 Å². The summed E-state index contributed by atoms with van der Waals surface area (Å²) in [6.45, 7) is 5.97.